The first-order chi connectivity index (χ1) is 15.1. The summed E-state index contributed by atoms with van der Waals surface area (Å²) in [5.41, 5.74) is 13.6. The van der Waals surface area contributed by atoms with Crippen molar-refractivity contribution >= 4 is 23.3 Å². The lowest BCUT2D eigenvalue weighted by Crippen LogP contribution is -2.33. The number of benzene rings is 1. The van der Waals surface area contributed by atoms with Crippen LogP contribution in [0.5, 0.6) is 5.75 Å². The number of nitrogen functional groups attached to an aromatic ring is 2. The van der Waals surface area contributed by atoms with Gasteiger partial charge in [0.05, 0.1) is 18.6 Å². The molecule has 0 saturated carbocycles. The molecule has 6 N–H and O–H groups in total. The average molecular weight is 414 g/mol. The number of nitrogens with two attached hydrogens (primary N) is 2. The monoisotopic (exact) mass is 414 g/mol. The van der Waals surface area contributed by atoms with Gasteiger partial charge in [0.15, 0.2) is 6.19 Å². The highest BCUT2D eigenvalue weighted by atomic mass is 16.5. The highest BCUT2D eigenvalue weighted by Crippen LogP contribution is 2.43. The number of aromatic nitrogens is 3. The number of anilines is 3. The summed E-state index contributed by atoms with van der Waals surface area (Å²) in [6.45, 7) is 1.01. The second-order valence-electron chi connectivity index (χ2n) is 6.59. The molecular formula is C20H18N10O. The van der Waals surface area contributed by atoms with Crippen LogP contribution < -0.4 is 26.8 Å². The van der Waals surface area contributed by atoms with Crippen molar-refractivity contribution in [3.8, 4) is 18.0 Å². The summed E-state index contributed by atoms with van der Waals surface area (Å²) < 4.78 is 7.92. The molecule has 3 heterocycles. The number of para-hydroxylation sites is 1. The Morgan fingerprint density at radius 1 is 1.26 bits per heavy atom. The standard InChI is InChI=1S/C20H18N10O/c21-9-13-16(23)15-17(27-20(26-10-22)29-19(15)28-18(13)24)12-3-1-2-4-14(12)31-8-7-30-6-5-25-11-30/h1-6,11,17H,7-8H2,(H6,23,24,26,27,28,29). The van der Waals surface area contributed by atoms with Gasteiger partial charge in [0.1, 0.15) is 41.7 Å². The number of rotatable bonds is 5. The molecule has 0 saturated heterocycles. The fraction of sp³-hybridized carbons (Fsp3) is 0.150. The smallest absolute Gasteiger partial charge is 0.211 e. The van der Waals surface area contributed by atoms with Gasteiger partial charge in [0, 0.05) is 23.5 Å². The first-order valence-corrected chi connectivity index (χ1v) is 9.28. The van der Waals surface area contributed by atoms with Crippen LogP contribution in [0.2, 0.25) is 0 Å². The zero-order valence-electron chi connectivity index (χ0n) is 16.3. The highest BCUT2D eigenvalue weighted by molar-refractivity contribution is 5.98. The zero-order valence-corrected chi connectivity index (χ0v) is 16.3. The van der Waals surface area contributed by atoms with Crippen molar-refractivity contribution in [1.29, 1.82) is 10.5 Å². The predicted molar refractivity (Wildman–Crippen MR) is 114 cm³/mol. The van der Waals surface area contributed by atoms with Gasteiger partial charge in [0.2, 0.25) is 5.96 Å². The van der Waals surface area contributed by atoms with Crippen molar-refractivity contribution < 1.29 is 4.74 Å². The van der Waals surface area contributed by atoms with Gasteiger partial charge in [-0.25, -0.2) is 15.0 Å². The molecular weight excluding hydrogens is 396 g/mol. The lowest BCUT2D eigenvalue weighted by Gasteiger charge is -2.27. The van der Waals surface area contributed by atoms with Gasteiger partial charge in [-0.2, -0.15) is 10.5 Å². The number of imidazole rings is 1. The van der Waals surface area contributed by atoms with E-state index in [1.165, 1.54) is 0 Å². The Labute approximate surface area is 177 Å². The van der Waals surface area contributed by atoms with E-state index in [0.29, 0.717) is 35.8 Å². The fourth-order valence-electron chi connectivity index (χ4n) is 3.32. The van der Waals surface area contributed by atoms with Crippen LogP contribution in [-0.2, 0) is 6.54 Å². The van der Waals surface area contributed by atoms with E-state index in [-0.39, 0.29) is 23.0 Å². The van der Waals surface area contributed by atoms with Crippen LogP contribution in [0.3, 0.4) is 0 Å². The third-order valence-electron chi connectivity index (χ3n) is 4.74. The maximum atomic E-state index is 9.46. The van der Waals surface area contributed by atoms with E-state index in [0.717, 1.165) is 0 Å². The van der Waals surface area contributed by atoms with Gasteiger partial charge in [-0.1, -0.05) is 18.2 Å². The fourth-order valence-corrected chi connectivity index (χ4v) is 3.32. The zero-order chi connectivity index (χ0) is 21.8. The number of nitriles is 2. The SMILES string of the molecule is N#CNC1=NC(c2ccccc2OCCn2ccnc2)c2c(nc(N)c(C#N)c2N)N1. The number of pyridine rings is 1. The van der Waals surface area contributed by atoms with E-state index < -0.39 is 6.04 Å². The Morgan fingerprint density at radius 2 is 2.10 bits per heavy atom. The molecule has 154 valence electrons. The first kappa shape index (κ1) is 19.5. The number of hydrogen-bond acceptors (Lipinski definition) is 10. The molecule has 1 atom stereocenters. The van der Waals surface area contributed by atoms with Crippen molar-refractivity contribution in [2.45, 2.75) is 12.6 Å². The maximum Gasteiger partial charge on any atom is 0.211 e. The Bertz CT molecular complexity index is 1220. The molecule has 0 spiro atoms. The van der Waals surface area contributed by atoms with Crippen LogP contribution in [0.4, 0.5) is 17.3 Å². The summed E-state index contributed by atoms with van der Waals surface area (Å²) in [5.74, 6) is 1.09. The van der Waals surface area contributed by atoms with E-state index in [4.69, 9.17) is 21.5 Å². The van der Waals surface area contributed by atoms with E-state index in [1.807, 2.05) is 47.3 Å². The van der Waals surface area contributed by atoms with Gasteiger partial charge in [-0.15, -0.1) is 0 Å². The number of fused-ring (bicyclic) bond motifs is 1. The minimum Gasteiger partial charge on any atom is -0.491 e. The van der Waals surface area contributed by atoms with Gasteiger partial charge >= 0.3 is 0 Å². The van der Waals surface area contributed by atoms with Gasteiger partial charge in [-0.3, -0.25) is 5.32 Å². The number of aliphatic imine (C=N–C) groups is 1. The Balaban J connectivity index is 1.75. The minimum atomic E-state index is -0.670. The predicted octanol–water partition coefficient (Wildman–Crippen LogP) is 1.33. The van der Waals surface area contributed by atoms with Gasteiger partial charge in [-0.05, 0) is 6.07 Å². The number of hydrogen-bond donors (Lipinski definition) is 4. The molecule has 0 fully saturated rings. The third-order valence-corrected chi connectivity index (χ3v) is 4.74. The molecule has 31 heavy (non-hydrogen) atoms. The topological polar surface area (TPSA) is 176 Å². The summed E-state index contributed by atoms with van der Waals surface area (Å²) >= 11 is 0. The molecule has 0 radical (unpaired) electrons. The summed E-state index contributed by atoms with van der Waals surface area (Å²) in [5, 5.41) is 23.9. The summed E-state index contributed by atoms with van der Waals surface area (Å²) in [7, 11) is 0. The van der Waals surface area contributed by atoms with E-state index in [2.05, 4.69) is 25.6 Å². The van der Waals surface area contributed by atoms with Gasteiger partial charge in [0.25, 0.3) is 0 Å². The molecule has 3 aromatic rings. The third kappa shape index (κ3) is 3.75. The van der Waals surface area contributed by atoms with Crippen LogP contribution in [0, 0.1) is 22.8 Å². The number of nitrogens with zero attached hydrogens (tertiary/aromatic N) is 6. The van der Waals surface area contributed by atoms with Crippen molar-refractivity contribution in [2.75, 3.05) is 23.4 Å². The van der Waals surface area contributed by atoms with Crippen LogP contribution >= 0.6 is 0 Å². The summed E-state index contributed by atoms with van der Waals surface area (Å²) in [6.07, 6.45) is 7.09. The Kier molecular flexibility index (Phi) is 5.24. The van der Waals surface area contributed by atoms with E-state index >= 15 is 0 Å². The molecule has 11 heteroatoms. The number of ether oxygens (including phenoxy) is 1. The second kappa shape index (κ2) is 8.31. The first-order valence-electron chi connectivity index (χ1n) is 9.28. The minimum absolute atomic E-state index is 0.00641. The van der Waals surface area contributed by atoms with Crippen LogP contribution in [-0.4, -0.2) is 27.1 Å². The van der Waals surface area contributed by atoms with Crippen molar-refractivity contribution in [3.05, 3.63) is 59.7 Å². The molecule has 4 rings (SSSR count). The van der Waals surface area contributed by atoms with Crippen LogP contribution in [0.1, 0.15) is 22.7 Å². The Hall–Kier alpha value is -4.77. The lowest BCUT2D eigenvalue weighted by atomic mass is 9.94. The molecule has 1 aliphatic rings. The maximum absolute atomic E-state index is 9.46. The molecule has 0 aliphatic carbocycles. The lowest BCUT2D eigenvalue weighted by molar-refractivity contribution is 0.294. The average Bonchev–Trinajstić information content (AvgIpc) is 3.27. The highest BCUT2D eigenvalue weighted by Gasteiger charge is 2.31. The summed E-state index contributed by atoms with van der Waals surface area (Å²) in [6, 6.07) is 8.69. The molecule has 0 amide bonds. The number of guanidine groups is 1. The van der Waals surface area contributed by atoms with Crippen molar-refractivity contribution in [3.63, 3.8) is 0 Å². The summed E-state index contributed by atoms with van der Waals surface area (Å²) in [4.78, 5) is 12.9. The van der Waals surface area contributed by atoms with Crippen molar-refractivity contribution in [1.82, 2.24) is 19.9 Å². The quantitative estimate of drug-likeness (QED) is 0.354. The number of nitrogens with one attached hydrogen (secondary N) is 2. The Morgan fingerprint density at radius 3 is 2.84 bits per heavy atom. The van der Waals surface area contributed by atoms with Crippen molar-refractivity contribution in [2.24, 2.45) is 4.99 Å². The molecule has 0 bridgehead atoms. The molecule has 1 aliphatic heterocycles. The molecule has 11 nitrogen and oxygen atoms in total. The normalized spacial score (nSPS) is 14.4. The molecule has 2 aromatic heterocycles. The molecule has 1 unspecified atom stereocenters. The van der Waals surface area contributed by atoms with Gasteiger partial charge < -0.3 is 26.1 Å². The largest absolute Gasteiger partial charge is 0.491 e. The van der Waals surface area contributed by atoms with E-state index in [1.54, 1.807) is 12.5 Å². The van der Waals surface area contributed by atoms with E-state index in [9.17, 15) is 5.26 Å². The van der Waals surface area contributed by atoms with Crippen LogP contribution in [0.25, 0.3) is 0 Å². The van der Waals surface area contributed by atoms with Crippen LogP contribution in [0.15, 0.2) is 48.0 Å². The molecule has 1 aromatic carbocycles. The second-order valence-corrected chi connectivity index (χ2v) is 6.59.